The minimum absolute atomic E-state index is 0.240. The van der Waals surface area contributed by atoms with Crippen LogP contribution in [0.15, 0.2) is 24.3 Å². The summed E-state index contributed by atoms with van der Waals surface area (Å²) in [6.45, 7) is 4.81. The molecular formula is C14H21NO. The molecule has 0 aliphatic heterocycles. The lowest BCUT2D eigenvalue weighted by Crippen LogP contribution is -2.06. The van der Waals surface area contributed by atoms with E-state index >= 15 is 0 Å². The van der Waals surface area contributed by atoms with Crippen LogP contribution < -0.4 is 5.73 Å². The van der Waals surface area contributed by atoms with Gasteiger partial charge in [-0.2, -0.15) is 0 Å². The van der Waals surface area contributed by atoms with Gasteiger partial charge in [-0.25, -0.2) is 0 Å². The third-order valence-electron chi connectivity index (χ3n) is 2.83. The third kappa shape index (κ3) is 3.78. The van der Waals surface area contributed by atoms with Gasteiger partial charge in [0.2, 0.25) is 0 Å². The highest BCUT2D eigenvalue weighted by Gasteiger charge is 2.10. The van der Waals surface area contributed by atoms with Crippen LogP contribution in [0.4, 0.5) is 0 Å². The van der Waals surface area contributed by atoms with Gasteiger partial charge < -0.3 is 5.73 Å². The monoisotopic (exact) mass is 219 g/mol. The first-order valence-electron chi connectivity index (χ1n) is 5.99. The highest BCUT2D eigenvalue weighted by Crippen LogP contribution is 2.14. The standard InChI is InChI=1S/C14H21NO/c1-3-4-11(2)9-14(16)13-7-5-12(10-15)6-8-13/h5-8,11H,3-4,9-10,15H2,1-2H3. The van der Waals surface area contributed by atoms with Crippen LogP contribution in [0.25, 0.3) is 0 Å². The van der Waals surface area contributed by atoms with Crippen LogP contribution in [0.1, 0.15) is 49.0 Å². The van der Waals surface area contributed by atoms with Crippen molar-refractivity contribution in [3.8, 4) is 0 Å². The van der Waals surface area contributed by atoms with E-state index in [2.05, 4.69) is 13.8 Å². The number of carbonyl (C=O) groups excluding carboxylic acids is 1. The molecule has 88 valence electrons. The van der Waals surface area contributed by atoms with Crippen molar-refractivity contribution in [1.82, 2.24) is 0 Å². The molecule has 0 radical (unpaired) electrons. The van der Waals surface area contributed by atoms with Crippen LogP contribution in [-0.2, 0) is 6.54 Å². The van der Waals surface area contributed by atoms with E-state index in [9.17, 15) is 4.79 Å². The topological polar surface area (TPSA) is 43.1 Å². The molecule has 1 atom stereocenters. The quantitative estimate of drug-likeness (QED) is 0.747. The fraction of sp³-hybridized carbons (Fsp3) is 0.500. The van der Waals surface area contributed by atoms with E-state index in [-0.39, 0.29) is 5.78 Å². The Kier molecular flexibility index (Phi) is 5.20. The Bertz CT molecular complexity index is 329. The lowest BCUT2D eigenvalue weighted by atomic mass is 9.96. The van der Waals surface area contributed by atoms with Crippen LogP contribution >= 0.6 is 0 Å². The molecule has 0 saturated carbocycles. The Hall–Kier alpha value is -1.15. The van der Waals surface area contributed by atoms with Gasteiger partial charge in [0.25, 0.3) is 0 Å². The van der Waals surface area contributed by atoms with Gasteiger partial charge in [-0.15, -0.1) is 0 Å². The normalized spacial score (nSPS) is 12.4. The van der Waals surface area contributed by atoms with E-state index < -0.39 is 0 Å². The second kappa shape index (κ2) is 6.44. The summed E-state index contributed by atoms with van der Waals surface area (Å²) in [4.78, 5) is 11.9. The molecule has 0 amide bonds. The lowest BCUT2D eigenvalue weighted by Gasteiger charge is -2.09. The second-order valence-electron chi connectivity index (χ2n) is 4.42. The number of rotatable bonds is 6. The Labute approximate surface area is 97.9 Å². The number of benzene rings is 1. The molecular weight excluding hydrogens is 198 g/mol. The number of carbonyl (C=O) groups is 1. The minimum Gasteiger partial charge on any atom is -0.326 e. The maximum Gasteiger partial charge on any atom is 0.163 e. The van der Waals surface area contributed by atoms with Gasteiger partial charge in [0.15, 0.2) is 5.78 Å². The van der Waals surface area contributed by atoms with Gasteiger partial charge in [-0.05, 0) is 11.5 Å². The van der Waals surface area contributed by atoms with Crippen LogP contribution in [0.3, 0.4) is 0 Å². The first-order valence-corrected chi connectivity index (χ1v) is 5.99. The predicted molar refractivity (Wildman–Crippen MR) is 67.4 cm³/mol. The molecule has 0 aliphatic rings. The highest BCUT2D eigenvalue weighted by molar-refractivity contribution is 5.96. The number of hydrogen-bond acceptors (Lipinski definition) is 2. The van der Waals surface area contributed by atoms with Crippen LogP contribution in [0.2, 0.25) is 0 Å². The van der Waals surface area contributed by atoms with Gasteiger partial charge in [-0.3, -0.25) is 4.79 Å². The molecule has 1 aromatic carbocycles. The Morgan fingerprint density at radius 1 is 1.31 bits per heavy atom. The fourth-order valence-corrected chi connectivity index (χ4v) is 1.86. The lowest BCUT2D eigenvalue weighted by molar-refractivity contribution is 0.0962. The highest BCUT2D eigenvalue weighted by atomic mass is 16.1. The largest absolute Gasteiger partial charge is 0.326 e. The zero-order valence-corrected chi connectivity index (χ0v) is 10.2. The van der Waals surface area contributed by atoms with Crippen molar-refractivity contribution in [2.75, 3.05) is 0 Å². The van der Waals surface area contributed by atoms with Crippen molar-refractivity contribution < 1.29 is 4.79 Å². The molecule has 0 bridgehead atoms. The average Bonchev–Trinajstić information content (AvgIpc) is 2.29. The Balaban J connectivity index is 2.59. The van der Waals surface area contributed by atoms with Crippen molar-refractivity contribution in [3.05, 3.63) is 35.4 Å². The molecule has 0 aliphatic carbocycles. The summed E-state index contributed by atoms with van der Waals surface area (Å²) in [5, 5.41) is 0. The molecule has 0 spiro atoms. The molecule has 2 N–H and O–H groups in total. The number of Topliss-reactive ketones (excluding diaryl/α,β-unsaturated/α-hetero) is 1. The van der Waals surface area contributed by atoms with Gasteiger partial charge in [-0.1, -0.05) is 51.0 Å². The van der Waals surface area contributed by atoms with E-state index in [1.165, 1.54) is 0 Å². The molecule has 1 aromatic rings. The number of ketones is 1. The number of hydrogen-bond donors (Lipinski definition) is 1. The SMILES string of the molecule is CCCC(C)CC(=O)c1ccc(CN)cc1. The Morgan fingerprint density at radius 2 is 1.94 bits per heavy atom. The molecule has 0 saturated heterocycles. The van der Waals surface area contributed by atoms with Gasteiger partial charge >= 0.3 is 0 Å². The van der Waals surface area contributed by atoms with Crippen molar-refractivity contribution >= 4 is 5.78 Å². The summed E-state index contributed by atoms with van der Waals surface area (Å²) in [5.41, 5.74) is 7.38. The predicted octanol–water partition coefficient (Wildman–Crippen LogP) is 3.15. The van der Waals surface area contributed by atoms with E-state index in [1.807, 2.05) is 24.3 Å². The zero-order chi connectivity index (χ0) is 12.0. The van der Waals surface area contributed by atoms with E-state index in [1.54, 1.807) is 0 Å². The van der Waals surface area contributed by atoms with Crippen molar-refractivity contribution in [3.63, 3.8) is 0 Å². The van der Waals surface area contributed by atoms with E-state index in [4.69, 9.17) is 5.73 Å². The van der Waals surface area contributed by atoms with Gasteiger partial charge in [0.05, 0.1) is 0 Å². The molecule has 1 rings (SSSR count). The molecule has 0 aromatic heterocycles. The number of nitrogens with two attached hydrogens (primary N) is 1. The summed E-state index contributed by atoms with van der Waals surface area (Å²) >= 11 is 0. The average molecular weight is 219 g/mol. The maximum atomic E-state index is 11.9. The molecule has 16 heavy (non-hydrogen) atoms. The summed E-state index contributed by atoms with van der Waals surface area (Å²) < 4.78 is 0. The fourth-order valence-electron chi connectivity index (χ4n) is 1.86. The first-order chi connectivity index (χ1) is 7.67. The smallest absolute Gasteiger partial charge is 0.163 e. The van der Waals surface area contributed by atoms with Crippen molar-refractivity contribution in [2.24, 2.45) is 11.7 Å². The molecule has 2 heteroatoms. The van der Waals surface area contributed by atoms with Gasteiger partial charge in [0, 0.05) is 18.5 Å². The molecule has 2 nitrogen and oxygen atoms in total. The third-order valence-corrected chi connectivity index (χ3v) is 2.83. The summed E-state index contributed by atoms with van der Waals surface area (Å²) in [6, 6.07) is 7.61. The van der Waals surface area contributed by atoms with Crippen LogP contribution in [-0.4, -0.2) is 5.78 Å². The zero-order valence-electron chi connectivity index (χ0n) is 10.2. The molecule has 0 fully saturated rings. The minimum atomic E-state index is 0.240. The van der Waals surface area contributed by atoms with Gasteiger partial charge in [0.1, 0.15) is 0 Å². The second-order valence-corrected chi connectivity index (χ2v) is 4.42. The Morgan fingerprint density at radius 3 is 2.44 bits per heavy atom. The van der Waals surface area contributed by atoms with E-state index in [0.29, 0.717) is 18.9 Å². The maximum absolute atomic E-state index is 11.9. The van der Waals surface area contributed by atoms with E-state index in [0.717, 1.165) is 24.0 Å². The molecule has 0 heterocycles. The summed E-state index contributed by atoms with van der Waals surface area (Å²) in [5.74, 6) is 0.719. The van der Waals surface area contributed by atoms with Crippen molar-refractivity contribution in [1.29, 1.82) is 0 Å². The van der Waals surface area contributed by atoms with Crippen molar-refractivity contribution in [2.45, 2.75) is 39.7 Å². The first kappa shape index (κ1) is 12.9. The summed E-state index contributed by atoms with van der Waals surface area (Å²) in [7, 11) is 0. The summed E-state index contributed by atoms with van der Waals surface area (Å²) in [6.07, 6.45) is 2.91. The van der Waals surface area contributed by atoms with Crippen LogP contribution in [0, 0.1) is 5.92 Å². The van der Waals surface area contributed by atoms with Crippen LogP contribution in [0.5, 0.6) is 0 Å². The molecule has 1 unspecified atom stereocenters.